The number of hydrogen-bond acceptors (Lipinski definition) is 3. The summed E-state index contributed by atoms with van der Waals surface area (Å²) < 4.78 is 26.9. The minimum absolute atomic E-state index is 0.132. The van der Waals surface area contributed by atoms with E-state index in [0.717, 1.165) is 5.56 Å². The fourth-order valence-corrected chi connectivity index (χ4v) is 2.96. The third-order valence-corrected chi connectivity index (χ3v) is 4.43. The average Bonchev–Trinajstić information content (AvgIpc) is 2.38. The lowest BCUT2D eigenvalue weighted by Crippen LogP contribution is -2.13. The largest absolute Gasteiger partial charge is 0.324 e. The topological polar surface area (TPSA) is 72.2 Å². The Labute approximate surface area is 123 Å². The Morgan fingerprint density at radius 2 is 1.80 bits per heavy atom. The number of halogens is 1. The van der Waals surface area contributed by atoms with Crippen molar-refractivity contribution in [1.29, 1.82) is 0 Å². The Morgan fingerprint density at radius 3 is 2.35 bits per heavy atom. The molecule has 1 atom stereocenters. The van der Waals surface area contributed by atoms with Crippen LogP contribution in [0.1, 0.15) is 18.5 Å². The molecule has 20 heavy (non-hydrogen) atoms. The molecule has 1 unspecified atom stereocenters. The van der Waals surface area contributed by atoms with Gasteiger partial charge in [-0.05, 0) is 42.8 Å². The van der Waals surface area contributed by atoms with E-state index in [0.29, 0.717) is 10.7 Å². The first-order chi connectivity index (χ1) is 9.38. The maximum Gasteiger partial charge on any atom is 0.261 e. The summed E-state index contributed by atoms with van der Waals surface area (Å²) >= 11 is 5.83. The van der Waals surface area contributed by atoms with Gasteiger partial charge in [-0.1, -0.05) is 29.8 Å². The first-order valence-electron chi connectivity index (χ1n) is 6.02. The van der Waals surface area contributed by atoms with Crippen LogP contribution in [0.2, 0.25) is 5.02 Å². The van der Waals surface area contributed by atoms with Gasteiger partial charge < -0.3 is 5.73 Å². The van der Waals surface area contributed by atoms with Crippen molar-refractivity contribution in [2.45, 2.75) is 17.9 Å². The van der Waals surface area contributed by atoms with Crippen LogP contribution in [0.25, 0.3) is 0 Å². The molecule has 0 amide bonds. The lowest BCUT2D eigenvalue weighted by atomic mass is 10.1. The van der Waals surface area contributed by atoms with Gasteiger partial charge in [0.2, 0.25) is 0 Å². The second-order valence-corrected chi connectivity index (χ2v) is 6.59. The van der Waals surface area contributed by atoms with Gasteiger partial charge in [0.05, 0.1) is 10.6 Å². The van der Waals surface area contributed by atoms with E-state index in [1.54, 1.807) is 36.4 Å². The molecular formula is C14H15ClN2O2S. The number of nitrogens with two attached hydrogens (primary N) is 1. The Balaban J connectivity index is 2.26. The van der Waals surface area contributed by atoms with E-state index in [1.807, 2.05) is 6.92 Å². The summed E-state index contributed by atoms with van der Waals surface area (Å²) in [6.07, 6.45) is 0. The second-order valence-electron chi connectivity index (χ2n) is 4.47. The minimum Gasteiger partial charge on any atom is -0.324 e. The van der Waals surface area contributed by atoms with E-state index in [1.165, 1.54) is 12.1 Å². The summed E-state index contributed by atoms with van der Waals surface area (Å²) in [5.41, 5.74) is 7.04. The number of nitrogens with one attached hydrogen (secondary N) is 1. The van der Waals surface area contributed by atoms with Crippen molar-refractivity contribution in [3.8, 4) is 0 Å². The highest BCUT2D eigenvalue weighted by atomic mass is 35.5. The minimum atomic E-state index is -3.62. The van der Waals surface area contributed by atoms with Gasteiger partial charge in [-0.15, -0.1) is 0 Å². The van der Waals surface area contributed by atoms with Crippen LogP contribution in [0.15, 0.2) is 53.4 Å². The maximum absolute atomic E-state index is 12.2. The first kappa shape index (κ1) is 14.8. The van der Waals surface area contributed by atoms with Crippen LogP contribution >= 0.6 is 11.6 Å². The predicted molar refractivity (Wildman–Crippen MR) is 81.3 cm³/mol. The van der Waals surface area contributed by atoms with Crippen LogP contribution in [0.3, 0.4) is 0 Å². The normalized spacial score (nSPS) is 12.9. The van der Waals surface area contributed by atoms with Crippen LogP contribution < -0.4 is 10.5 Å². The van der Waals surface area contributed by atoms with Crippen molar-refractivity contribution in [3.63, 3.8) is 0 Å². The Morgan fingerprint density at radius 1 is 1.15 bits per heavy atom. The quantitative estimate of drug-likeness (QED) is 0.911. The molecule has 6 heteroatoms. The van der Waals surface area contributed by atoms with Gasteiger partial charge in [0, 0.05) is 11.1 Å². The van der Waals surface area contributed by atoms with Gasteiger partial charge in [0.1, 0.15) is 0 Å². The number of benzene rings is 2. The van der Waals surface area contributed by atoms with Crippen molar-refractivity contribution in [1.82, 2.24) is 0 Å². The second kappa shape index (κ2) is 5.83. The number of anilines is 1. The zero-order valence-corrected chi connectivity index (χ0v) is 12.4. The Bertz CT molecular complexity index is 697. The van der Waals surface area contributed by atoms with E-state index >= 15 is 0 Å². The molecule has 0 aliphatic carbocycles. The molecule has 0 fully saturated rings. The summed E-state index contributed by atoms with van der Waals surface area (Å²) in [6.45, 7) is 1.84. The first-order valence-corrected chi connectivity index (χ1v) is 7.88. The van der Waals surface area contributed by atoms with E-state index in [9.17, 15) is 8.42 Å². The van der Waals surface area contributed by atoms with Crippen molar-refractivity contribution in [2.24, 2.45) is 5.73 Å². The fourth-order valence-electron chi connectivity index (χ4n) is 1.72. The van der Waals surface area contributed by atoms with Crippen LogP contribution in [-0.2, 0) is 10.0 Å². The average molecular weight is 311 g/mol. The van der Waals surface area contributed by atoms with Gasteiger partial charge in [-0.2, -0.15) is 0 Å². The van der Waals surface area contributed by atoms with Gasteiger partial charge in [0.25, 0.3) is 10.0 Å². The number of hydrogen-bond donors (Lipinski definition) is 2. The summed E-state index contributed by atoms with van der Waals surface area (Å²) in [5.74, 6) is 0. The summed E-state index contributed by atoms with van der Waals surface area (Å²) in [7, 11) is -3.62. The van der Waals surface area contributed by atoms with Crippen LogP contribution in [0.5, 0.6) is 0 Å². The van der Waals surface area contributed by atoms with Crippen molar-refractivity contribution in [2.75, 3.05) is 4.72 Å². The molecule has 0 heterocycles. The van der Waals surface area contributed by atoms with Crippen molar-refractivity contribution >= 4 is 27.3 Å². The molecule has 0 aliphatic heterocycles. The Hall–Kier alpha value is -1.56. The molecule has 0 aromatic heterocycles. The maximum atomic E-state index is 12.2. The molecule has 2 aromatic rings. The van der Waals surface area contributed by atoms with Crippen LogP contribution in [0, 0.1) is 0 Å². The Kier molecular flexibility index (Phi) is 4.32. The van der Waals surface area contributed by atoms with E-state index in [4.69, 9.17) is 17.3 Å². The van der Waals surface area contributed by atoms with Gasteiger partial charge in [-0.25, -0.2) is 8.42 Å². The molecule has 0 saturated carbocycles. The molecule has 0 spiro atoms. The monoisotopic (exact) mass is 310 g/mol. The molecule has 2 aromatic carbocycles. The third kappa shape index (κ3) is 3.50. The molecule has 0 saturated heterocycles. The van der Waals surface area contributed by atoms with E-state index in [2.05, 4.69) is 4.72 Å². The zero-order chi connectivity index (χ0) is 14.8. The highest BCUT2D eigenvalue weighted by molar-refractivity contribution is 7.92. The predicted octanol–water partition coefficient (Wildman–Crippen LogP) is 3.16. The summed E-state index contributed by atoms with van der Waals surface area (Å²) in [4.78, 5) is 0.182. The van der Waals surface area contributed by atoms with E-state index < -0.39 is 10.0 Å². The molecule has 0 radical (unpaired) electrons. The molecule has 106 valence electrons. The standard InChI is InChI=1S/C14H15ClN2O2S/c1-10(16)11-5-7-14(8-6-11)20(18,19)17-13-4-2-3-12(15)9-13/h2-10,17H,16H2,1H3. The molecule has 4 nitrogen and oxygen atoms in total. The number of rotatable bonds is 4. The highest BCUT2D eigenvalue weighted by Gasteiger charge is 2.14. The van der Waals surface area contributed by atoms with E-state index in [-0.39, 0.29) is 10.9 Å². The highest BCUT2D eigenvalue weighted by Crippen LogP contribution is 2.20. The third-order valence-electron chi connectivity index (χ3n) is 2.79. The van der Waals surface area contributed by atoms with Gasteiger partial charge in [-0.3, -0.25) is 4.72 Å². The zero-order valence-electron chi connectivity index (χ0n) is 10.9. The number of sulfonamides is 1. The lowest BCUT2D eigenvalue weighted by molar-refractivity contribution is 0.601. The molecule has 0 bridgehead atoms. The molecular weight excluding hydrogens is 296 g/mol. The van der Waals surface area contributed by atoms with Crippen molar-refractivity contribution in [3.05, 3.63) is 59.1 Å². The summed E-state index contributed by atoms with van der Waals surface area (Å²) in [6, 6.07) is 12.9. The van der Waals surface area contributed by atoms with Gasteiger partial charge >= 0.3 is 0 Å². The summed E-state index contributed by atoms with van der Waals surface area (Å²) in [5, 5.41) is 0.470. The van der Waals surface area contributed by atoms with Gasteiger partial charge in [0.15, 0.2) is 0 Å². The lowest BCUT2D eigenvalue weighted by Gasteiger charge is -2.10. The molecule has 0 aliphatic rings. The van der Waals surface area contributed by atoms with Crippen LogP contribution in [0.4, 0.5) is 5.69 Å². The molecule has 3 N–H and O–H groups in total. The smallest absolute Gasteiger partial charge is 0.261 e. The molecule has 2 rings (SSSR count). The van der Waals surface area contributed by atoms with Crippen molar-refractivity contribution < 1.29 is 8.42 Å². The fraction of sp³-hybridized carbons (Fsp3) is 0.143. The SMILES string of the molecule is CC(N)c1ccc(S(=O)(=O)Nc2cccc(Cl)c2)cc1. The van der Waals surface area contributed by atoms with Crippen LogP contribution in [-0.4, -0.2) is 8.42 Å².